The van der Waals surface area contributed by atoms with Crippen molar-refractivity contribution in [1.82, 2.24) is 4.90 Å². The molecule has 28 heavy (non-hydrogen) atoms. The van der Waals surface area contributed by atoms with Crippen LogP contribution in [-0.2, 0) is 10.2 Å². The fourth-order valence-electron chi connectivity index (χ4n) is 4.32. The Hall–Kier alpha value is -2.33. The van der Waals surface area contributed by atoms with E-state index in [0.717, 1.165) is 62.3 Å². The molecule has 2 aromatic carbocycles. The summed E-state index contributed by atoms with van der Waals surface area (Å²) in [5.41, 5.74) is 2.49. The van der Waals surface area contributed by atoms with Crippen molar-refractivity contribution >= 4 is 29.0 Å². The molecule has 2 fully saturated rings. The molecule has 2 aromatic rings. The van der Waals surface area contributed by atoms with E-state index in [2.05, 4.69) is 4.90 Å². The highest BCUT2D eigenvalue weighted by Gasteiger charge is 2.48. The first-order chi connectivity index (χ1) is 13.5. The van der Waals surface area contributed by atoms with Crippen LogP contribution in [0.3, 0.4) is 0 Å². The van der Waals surface area contributed by atoms with Crippen LogP contribution in [0.2, 0.25) is 5.02 Å². The zero-order valence-electron chi connectivity index (χ0n) is 16.2. The van der Waals surface area contributed by atoms with Crippen molar-refractivity contribution in [2.24, 2.45) is 0 Å². The molecule has 5 heteroatoms. The van der Waals surface area contributed by atoms with E-state index in [1.54, 1.807) is 6.92 Å². The van der Waals surface area contributed by atoms with Gasteiger partial charge in [0.1, 0.15) is 0 Å². The van der Waals surface area contributed by atoms with Gasteiger partial charge in [0.15, 0.2) is 5.78 Å². The number of amides is 1. The number of anilines is 1. The maximum absolute atomic E-state index is 13.4. The van der Waals surface area contributed by atoms with Gasteiger partial charge in [-0.1, -0.05) is 30.2 Å². The minimum absolute atomic E-state index is 0.0776. The third-order valence-electron chi connectivity index (χ3n) is 6.20. The maximum Gasteiger partial charge on any atom is 0.233 e. The van der Waals surface area contributed by atoms with Crippen LogP contribution in [0.5, 0.6) is 0 Å². The normalized spacial score (nSPS) is 18.5. The molecule has 146 valence electrons. The number of Topliss-reactive ketones (excluding diaryl/α,β-unsaturated/α-hetero) is 1. The number of halogens is 1. The van der Waals surface area contributed by atoms with E-state index < -0.39 is 5.41 Å². The van der Waals surface area contributed by atoms with Gasteiger partial charge in [-0.3, -0.25) is 9.59 Å². The summed E-state index contributed by atoms with van der Waals surface area (Å²) in [6, 6.07) is 15.5. The number of ketones is 1. The Morgan fingerprint density at radius 1 is 0.964 bits per heavy atom. The van der Waals surface area contributed by atoms with Gasteiger partial charge in [0.2, 0.25) is 5.91 Å². The van der Waals surface area contributed by atoms with Gasteiger partial charge in [-0.15, -0.1) is 0 Å². The molecule has 4 rings (SSSR count). The van der Waals surface area contributed by atoms with Crippen LogP contribution in [0.4, 0.5) is 5.69 Å². The molecule has 0 bridgehead atoms. The Bertz CT molecular complexity index is 882. The van der Waals surface area contributed by atoms with E-state index in [1.165, 1.54) is 0 Å². The van der Waals surface area contributed by atoms with Crippen LogP contribution in [-0.4, -0.2) is 42.8 Å². The van der Waals surface area contributed by atoms with Crippen molar-refractivity contribution in [1.29, 1.82) is 0 Å². The Morgan fingerprint density at radius 2 is 1.64 bits per heavy atom. The fraction of sp³-hybridized carbons (Fsp3) is 0.391. The summed E-state index contributed by atoms with van der Waals surface area (Å²) in [6.07, 6.45) is 2.89. The van der Waals surface area contributed by atoms with Crippen LogP contribution < -0.4 is 4.90 Å². The fourth-order valence-corrected chi connectivity index (χ4v) is 4.51. The molecular formula is C23H25ClN2O2. The Kier molecular flexibility index (Phi) is 5.15. The average molecular weight is 397 g/mol. The predicted octanol–water partition coefficient (Wildman–Crippen LogP) is 4.31. The molecule has 1 saturated heterocycles. The molecule has 0 atom stereocenters. The van der Waals surface area contributed by atoms with Crippen LogP contribution in [0.15, 0.2) is 48.5 Å². The van der Waals surface area contributed by atoms with Crippen molar-refractivity contribution in [2.45, 2.75) is 31.6 Å². The second-order valence-corrected chi connectivity index (χ2v) is 8.26. The zero-order valence-corrected chi connectivity index (χ0v) is 16.9. The third-order valence-corrected chi connectivity index (χ3v) is 6.43. The van der Waals surface area contributed by atoms with E-state index in [-0.39, 0.29) is 11.7 Å². The molecule has 1 saturated carbocycles. The van der Waals surface area contributed by atoms with E-state index in [0.29, 0.717) is 5.02 Å². The zero-order chi connectivity index (χ0) is 19.7. The Morgan fingerprint density at radius 3 is 2.18 bits per heavy atom. The van der Waals surface area contributed by atoms with Crippen molar-refractivity contribution in [3.05, 3.63) is 64.7 Å². The number of hydrogen-bond acceptors (Lipinski definition) is 3. The van der Waals surface area contributed by atoms with Gasteiger partial charge in [0.05, 0.1) is 5.41 Å². The lowest BCUT2D eigenvalue weighted by atomic mass is 9.63. The predicted molar refractivity (Wildman–Crippen MR) is 112 cm³/mol. The van der Waals surface area contributed by atoms with E-state index in [9.17, 15) is 9.59 Å². The molecule has 0 aromatic heterocycles. The maximum atomic E-state index is 13.4. The SMILES string of the molecule is CC(=O)c1ccc(N2CCN(C(=O)C3(c4cccc(Cl)c4)CCC3)CC2)cc1. The molecule has 1 amide bonds. The summed E-state index contributed by atoms with van der Waals surface area (Å²) >= 11 is 6.19. The number of piperazine rings is 1. The summed E-state index contributed by atoms with van der Waals surface area (Å²) in [7, 11) is 0. The average Bonchev–Trinajstić information content (AvgIpc) is 2.67. The highest BCUT2D eigenvalue weighted by atomic mass is 35.5. The lowest BCUT2D eigenvalue weighted by Gasteiger charge is -2.46. The number of nitrogens with zero attached hydrogens (tertiary/aromatic N) is 2. The lowest BCUT2D eigenvalue weighted by molar-refractivity contribution is -0.141. The summed E-state index contributed by atoms with van der Waals surface area (Å²) in [5, 5.41) is 0.690. The molecule has 1 heterocycles. The van der Waals surface area contributed by atoms with Gasteiger partial charge in [0.25, 0.3) is 0 Å². The Labute approximate surface area is 171 Å². The van der Waals surface area contributed by atoms with Gasteiger partial charge >= 0.3 is 0 Å². The molecule has 0 unspecified atom stereocenters. The summed E-state index contributed by atoms with van der Waals surface area (Å²) in [6.45, 7) is 4.62. The van der Waals surface area contributed by atoms with Gasteiger partial charge in [0, 0.05) is 42.5 Å². The van der Waals surface area contributed by atoms with Crippen LogP contribution >= 0.6 is 11.6 Å². The number of benzene rings is 2. The number of rotatable bonds is 4. The summed E-state index contributed by atoms with van der Waals surface area (Å²) in [4.78, 5) is 29.1. The van der Waals surface area contributed by atoms with Gasteiger partial charge < -0.3 is 9.80 Å². The lowest BCUT2D eigenvalue weighted by Crippen LogP contribution is -2.56. The highest BCUT2D eigenvalue weighted by molar-refractivity contribution is 6.30. The van der Waals surface area contributed by atoms with Crippen molar-refractivity contribution < 1.29 is 9.59 Å². The first kappa shape index (κ1) is 19.0. The molecule has 2 aliphatic rings. The number of carbonyl (C=O) groups excluding carboxylic acids is 2. The number of hydrogen-bond donors (Lipinski definition) is 0. The number of carbonyl (C=O) groups is 2. The van der Waals surface area contributed by atoms with E-state index in [1.807, 2.05) is 53.4 Å². The first-order valence-electron chi connectivity index (χ1n) is 9.91. The molecule has 0 N–H and O–H groups in total. The third kappa shape index (κ3) is 3.42. The second-order valence-electron chi connectivity index (χ2n) is 7.83. The molecule has 0 radical (unpaired) electrons. The highest BCUT2D eigenvalue weighted by Crippen LogP contribution is 2.46. The molecule has 0 spiro atoms. The van der Waals surface area contributed by atoms with Crippen LogP contribution in [0.25, 0.3) is 0 Å². The van der Waals surface area contributed by atoms with E-state index >= 15 is 0 Å². The molecule has 1 aliphatic heterocycles. The van der Waals surface area contributed by atoms with Crippen molar-refractivity contribution in [2.75, 3.05) is 31.1 Å². The van der Waals surface area contributed by atoms with Crippen LogP contribution in [0.1, 0.15) is 42.1 Å². The smallest absolute Gasteiger partial charge is 0.233 e. The first-order valence-corrected chi connectivity index (χ1v) is 10.3. The van der Waals surface area contributed by atoms with E-state index in [4.69, 9.17) is 11.6 Å². The minimum Gasteiger partial charge on any atom is -0.368 e. The molecule has 4 nitrogen and oxygen atoms in total. The quantitative estimate of drug-likeness (QED) is 0.723. The molecular weight excluding hydrogens is 372 g/mol. The minimum atomic E-state index is -0.393. The second kappa shape index (κ2) is 7.59. The largest absolute Gasteiger partial charge is 0.368 e. The topological polar surface area (TPSA) is 40.6 Å². The van der Waals surface area contributed by atoms with Gasteiger partial charge in [-0.05, 0) is 61.7 Å². The Balaban J connectivity index is 1.44. The summed E-state index contributed by atoms with van der Waals surface area (Å²) < 4.78 is 0. The summed E-state index contributed by atoms with van der Waals surface area (Å²) in [5.74, 6) is 0.321. The van der Waals surface area contributed by atoms with Crippen molar-refractivity contribution in [3.63, 3.8) is 0 Å². The van der Waals surface area contributed by atoms with Crippen molar-refractivity contribution in [3.8, 4) is 0 Å². The van der Waals surface area contributed by atoms with Gasteiger partial charge in [-0.2, -0.15) is 0 Å². The van der Waals surface area contributed by atoms with Crippen LogP contribution in [0, 0.1) is 0 Å². The van der Waals surface area contributed by atoms with Gasteiger partial charge in [-0.25, -0.2) is 0 Å². The molecule has 1 aliphatic carbocycles. The monoisotopic (exact) mass is 396 g/mol. The standard InChI is InChI=1S/C23H25ClN2O2/c1-17(27)18-6-8-21(9-7-18)25-12-14-26(15-13-25)22(28)23(10-3-11-23)19-4-2-5-20(24)16-19/h2,4-9,16H,3,10-15H2,1H3.